The maximum Gasteiger partial charge on any atom is 0.407 e. The second-order valence-corrected chi connectivity index (χ2v) is 12.8. The van der Waals surface area contributed by atoms with Crippen molar-refractivity contribution in [2.45, 2.75) is 103 Å². The minimum absolute atomic E-state index is 0.103. The number of hydrogen-bond donors (Lipinski definition) is 2. The second kappa shape index (κ2) is 12.7. The number of imidazole rings is 1. The van der Waals surface area contributed by atoms with Crippen LogP contribution < -0.4 is 11.1 Å². The number of ether oxygens (including phenoxy) is 4. The zero-order valence-electron chi connectivity index (χ0n) is 26.0. The van der Waals surface area contributed by atoms with Gasteiger partial charge in [-0.3, -0.25) is 4.57 Å². The lowest BCUT2D eigenvalue weighted by atomic mass is 10.0. The highest BCUT2D eigenvalue weighted by molar-refractivity contribution is 5.81. The fraction of sp³-hybridized carbons (Fsp3) is 0.613. The molecule has 2 aromatic heterocycles. The number of anilines is 1. The Bertz CT molecular complexity index is 1380. The quantitative estimate of drug-likeness (QED) is 0.334. The minimum Gasteiger partial charge on any atom is -0.444 e. The molecule has 3 N–H and O–H groups in total. The van der Waals surface area contributed by atoms with E-state index in [9.17, 15) is 4.79 Å². The van der Waals surface area contributed by atoms with Gasteiger partial charge in [-0.1, -0.05) is 37.3 Å². The van der Waals surface area contributed by atoms with Gasteiger partial charge in [0, 0.05) is 19.1 Å². The summed E-state index contributed by atoms with van der Waals surface area (Å²) in [5, 5.41) is 3.11. The van der Waals surface area contributed by atoms with Gasteiger partial charge in [-0.2, -0.15) is 0 Å². The molecule has 0 radical (unpaired) electrons. The number of carbonyl (C=O) groups excluding carboxylic acids is 1. The van der Waals surface area contributed by atoms with E-state index in [-0.39, 0.29) is 24.4 Å². The van der Waals surface area contributed by atoms with Crippen LogP contribution in [0.2, 0.25) is 0 Å². The van der Waals surface area contributed by atoms with E-state index in [1.165, 1.54) is 6.33 Å². The number of alkyl carbamates (subject to hydrolysis) is 1. The molecule has 0 saturated carbocycles. The smallest absolute Gasteiger partial charge is 0.407 e. The summed E-state index contributed by atoms with van der Waals surface area (Å²) in [6.07, 6.45) is 3.73. The fourth-order valence-corrected chi connectivity index (χ4v) is 5.89. The van der Waals surface area contributed by atoms with Gasteiger partial charge in [-0.15, -0.1) is 0 Å². The molecule has 2 aliphatic rings. The third-order valence-electron chi connectivity index (χ3n) is 7.60. The number of nitrogens with one attached hydrogen (secondary N) is 1. The summed E-state index contributed by atoms with van der Waals surface area (Å²) in [6, 6.07) is 10.1. The Morgan fingerprint density at radius 3 is 2.60 bits per heavy atom. The van der Waals surface area contributed by atoms with E-state index in [4.69, 9.17) is 24.7 Å². The van der Waals surface area contributed by atoms with Crippen LogP contribution in [0.3, 0.4) is 0 Å². The first-order chi connectivity index (χ1) is 20.4. The van der Waals surface area contributed by atoms with Crippen LogP contribution in [0.15, 0.2) is 43.0 Å². The van der Waals surface area contributed by atoms with Crippen molar-refractivity contribution in [3.05, 3.63) is 48.5 Å². The summed E-state index contributed by atoms with van der Waals surface area (Å²) in [7, 11) is 0. The lowest BCUT2D eigenvalue weighted by Gasteiger charge is -2.30. The third kappa shape index (κ3) is 7.61. The highest BCUT2D eigenvalue weighted by Gasteiger charge is 2.56. The molecule has 0 spiro atoms. The minimum atomic E-state index is -0.756. The van der Waals surface area contributed by atoms with Gasteiger partial charge in [0.05, 0.1) is 6.33 Å². The Morgan fingerprint density at radius 1 is 1.14 bits per heavy atom. The molecule has 5 rings (SSSR count). The number of aromatic nitrogens is 4. The van der Waals surface area contributed by atoms with E-state index in [1.807, 2.05) is 57.4 Å². The second-order valence-electron chi connectivity index (χ2n) is 12.8. The average Bonchev–Trinajstić information content (AvgIpc) is 3.58. The number of nitrogen functional groups attached to an aromatic ring is 1. The van der Waals surface area contributed by atoms with E-state index in [1.54, 1.807) is 6.33 Å². The maximum atomic E-state index is 12.7. The molecule has 12 nitrogen and oxygen atoms in total. The Hall–Kier alpha value is -3.32. The van der Waals surface area contributed by atoms with Crippen LogP contribution in [0.4, 0.5) is 10.6 Å². The lowest BCUT2D eigenvalue weighted by Crippen LogP contribution is -2.44. The van der Waals surface area contributed by atoms with Crippen molar-refractivity contribution < 1.29 is 23.7 Å². The molecule has 1 aromatic carbocycles. The van der Waals surface area contributed by atoms with E-state index in [2.05, 4.69) is 44.2 Å². The van der Waals surface area contributed by atoms with Crippen molar-refractivity contribution >= 4 is 23.1 Å². The predicted molar refractivity (Wildman–Crippen MR) is 162 cm³/mol. The molecule has 1 amide bonds. The van der Waals surface area contributed by atoms with Crippen LogP contribution in [0.5, 0.6) is 0 Å². The topological polar surface area (TPSA) is 139 Å². The summed E-state index contributed by atoms with van der Waals surface area (Å²) in [6.45, 7) is 13.9. The molecule has 4 heterocycles. The summed E-state index contributed by atoms with van der Waals surface area (Å²) < 4.78 is 26.8. The van der Waals surface area contributed by atoms with E-state index in [0.29, 0.717) is 29.9 Å². The zero-order chi connectivity index (χ0) is 30.8. The predicted octanol–water partition coefficient (Wildman–Crippen LogP) is 4.06. The first-order valence-electron chi connectivity index (χ1n) is 15.1. The Morgan fingerprint density at radius 2 is 1.88 bits per heavy atom. The van der Waals surface area contributed by atoms with Crippen molar-refractivity contribution in [1.82, 2.24) is 29.7 Å². The normalized spacial score (nSPS) is 23.9. The first kappa shape index (κ1) is 31.1. The van der Waals surface area contributed by atoms with E-state index < -0.39 is 23.7 Å². The molecule has 2 fully saturated rings. The van der Waals surface area contributed by atoms with Crippen LogP contribution in [-0.2, 0) is 25.4 Å². The molecule has 12 heteroatoms. The van der Waals surface area contributed by atoms with Crippen LogP contribution >= 0.6 is 0 Å². The number of nitrogens with zero attached hydrogens (tertiary/aromatic N) is 5. The first-order valence-corrected chi connectivity index (χ1v) is 15.1. The van der Waals surface area contributed by atoms with Crippen LogP contribution in [0.1, 0.15) is 66.2 Å². The van der Waals surface area contributed by atoms with Gasteiger partial charge in [-0.25, -0.2) is 19.7 Å². The van der Waals surface area contributed by atoms with Gasteiger partial charge in [0.25, 0.3) is 0 Å². The Balaban J connectivity index is 1.31. The molecule has 43 heavy (non-hydrogen) atoms. The van der Waals surface area contributed by atoms with Gasteiger partial charge >= 0.3 is 6.09 Å². The van der Waals surface area contributed by atoms with Crippen LogP contribution in [0.25, 0.3) is 11.2 Å². The molecule has 0 aliphatic carbocycles. The van der Waals surface area contributed by atoms with Crippen LogP contribution in [-0.4, -0.2) is 85.9 Å². The SMILES string of the molecule is CCCN(CC[C@@H](Cc1ccccc1)NC(=O)OC(C)(C)C)C[C@H]1O[C@@H](n2cnc3c(N)ncnc32)C2OC(C)(C)O[C@@H]21. The van der Waals surface area contributed by atoms with Gasteiger partial charge in [-0.05, 0) is 66.0 Å². The van der Waals surface area contributed by atoms with Gasteiger partial charge in [0.15, 0.2) is 23.5 Å². The molecule has 2 saturated heterocycles. The third-order valence-corrected chi connectivity index (χ3v) is 7.60. The summed E-state index contributed by atoms with van der Waals surface area (Å²) in [5.41, 5.74) is 7.75. The van der Waals surface area contributed by atoms with E-state index in [0.717, 1.165) is 31.5 Å². The largest absolute Gasteiger partial charge is 0.444 e. The maximum absolute atomic E-state index is 12.7. The number of rotatable bonds is 11. The number of nitrogens with two attached hydrogens (primary N) is 1. The Labute approximate surface area is 253 Å². The summed E-state index contributed by atoms with van der Waals surface area (Å²) in [4.78, 5) is 28.0. The molecule has 0 bridgehead atoms. The van der Waals surface area contributed by atoms with Crippen molar-refractivity contribution in [3.63, 3.8) is 0 Å². The Kier molecular flexibility index (Phi) is 9.21. The van der Waals surface area contributed by atoms with Crippen molar-refractivity contribution in [2.24, 2.45) is 0 Å². The van der Waals surface area contributed by atoms with Crippen molar-refractivity contribution in [1.29, 1.82) is 0 Å². The molecular weight excluding hydrogens is 550 g/mol. The number of fused-ring (bicyclic) bond motifs is 2. The number of benzene rings is 1. The van der Waals surface area contributed by atoms with Crippen molar-refractivity contribution in [3.8, 4) is 0 Å². The summed E-state index contributed by atoms with van der Waals surface area (Å²) >= 11 is 0. The molecule has 234 valence electrons. The molecule has 2 aliphatic heterocycles. The fourth-order valence-electron chi connectivity index (χ4n) is 5.89. The lowest BCUT2D eigenvalue weighted by molar-refractivity contribution is -0.198. The standard InChI is InChI=1S/C31H45N7O5/c1-7-14-37(15-13-21(16-20-11-9-8-10-12-20)36-29(39)43-30(2,3)4)17-22-24-25(42-31(5,6)41-24)28(40-22)38-19-35-23-26(32)33-18-34-27(23)38/h8-12,18-19,21-22,24-25,28H,7,13-17H2,1-6H3,(H,36,39)(H2,32,33,34)/t21-,22+,24+,25?,28+/m0/s1. The number of hydrogen-bond acceptors (Lipinski definition) is 10. The van der Waals surface area contributed by atoms with Crippen LogP contribution in [0, 0.1) is 0 Å². The van der Waals surface area contributed by atoms with E-state index >= 15 is 0 Å². The van der Waals surface area contributed by atoms with Gasteiger partial charge < -0.3 is 34.9 Å². The molecule has 1 unspecified atom stereocenters. The highest BCUT2D eigenvalue weighted by atomic mass is 16.8. The van der Waals surface area contributed by atoms with Gasteiger partial charge in [0.1, 0.15) is 35.8 Å². The molecule has 3 aromatic rings. The van der Waals surface area contributed by atoms with Gasteiger partial charge in [0.2, 0.25) is 0 Å². The number of carbonyl (C=O) groups is 1. The highest BCUT2D eigenvalue weighted by Crippen LogP contribution is 2.44. The molecule has 5 atom stereocenters. The van der Waals surface area contributed by atoms with Crippen molar-refractivity contribution in [2.75, 3.05) is 25.4 Å². The average molecular weight is 596 g/mol. The zero-order valence-corrected chi connectivity index (χ0v) is 26.0. The monoisotopic (exact) mass is 595 g/mol. The molecular formula is C31H45N7O5. The summed E-state index contributed by atoms with van der Waals surface area (Å²) in [5.74, 6) is -0.439. The number of amides is 1.